The summed E-state index contributed by atoms with van der Waals surface area (Å²) in [5.74, 6) is 0.990. The van der Waals surface area contributed by atoms with Crippen molar-refractivity contribution < 1.29 is 5.11 Å². The number of aliphatic hydroxyl groups excluding tert-OH is 1. The summed E-state index contributed by atoms with van der Waals surface area (Å²) >= 11 is 0. The van der Waals surface area contributed by atoms with E-state index in [9.17, 15) is 5.11 Å². The third-order valence-corrected chi connectivity index (χ3v) is 4.17. The maximum atomic E-state index is 9.51. The molecule has 1 aliphatic heterocycles. The topological polar surface area (TPSA) is 70.3 Å². The Bertz CT molecular complexity index is 444. The van der Waals surface area contributed by atoms with E-state index in [2.05, 4.69) is 32.2 Å². The van der Waals surface area contributed by atoms with Crippen molar-refractivity contribution in [1.29, 1.82) is 0 Å². The minimum atomic E-state index is -0.258. The van der Waals surface area contributed by atoms with Crippen LogP contribution in [0.4, 0.5) is 0 Å². The third-order valence-electron chi connectivity index (χ3n) is 4.17. The van der Waals surface area contributed by atoms with E-state index in [0.717, 1.165) is 38.5 Å². The molecular formula is C13H24N6O. The van der Waals surface area contributed by atoms with Crippen LogP contribution in [0.1, 0.15) is 38.6 Å². The molecule has 0 unspecified atom stereocenters. The molecule has 1 aromatic heterocycles. The molecule has 1 saturated heterocycles. The van der Waals surface area contributed by atoms with Crippen LogP contribution >= 0.6 is 0 Å². The standard InChI is InChI=1S/C13H24N6O/c1-10-7-17(5-6-18(10)8-11(2)20)9-13-14-15-16-19(13)12-3-4-12/h10-12,20H,3-9H2,1-2H3/t10-,11+/m0/s1. The molecule has 0 radical (unpaired) electrons. The van der Waals surface area contributed by atoms with Crippen molar-refractivity contribution in [3.8, 4) is 0 Å². The molecule has 7 heteroatoms. The van der Waals surface area contributed by atoms with Gasteiger partial charge in [-0.1, -0.05) is 0 Å². The highest BCUT2D eigenvalue weighted by Crippen LogP contribution is 2.34. The van der Waals surface area contributed by atoms with Gasteiger partial charge in [-0.2, -0.15) is 0 Å². The number of piperazine rings is 1. The second-order valence-electron chi connectivity index (χ2n) is 6.20. The van der Waals surface area contributed by atoms with Crippen LogP contribution in [-0.4, -0.2) is 73.4 Å². The Morgan fingerprint density at radius 3 is 2.80 bits per heavy atom. The summed E-state index contributed by atoms with van der Waals surface area (Å²) in [6, 6.07) is 0.998. The van der Waals surface area contributed by atoms with Crippen LogP contribution in [0.2, 0.25) is 0 Å². The van der Waals surface area contributed by atoms with Crippen LogP contribution in [0.5, 0.6) is 0 Å². The zero-order chi connectivity index (χ0) is 14.1. The van der Waals surface area contributed by atoms with E-state index in [1.54, 1.807) is 0 Å². The summed E-state index contributed by atoms with van der Waals surface area (Å²) in [5.41, 5.74) is 0. The van der Waals surface area contributed by atoms with E-state index in [1.165, 1.54) is 12.8 Å². The summed E-state index contributed by atoms with van der Waals surface area (Å²) in [4.78, 5) is 4.76. The predicted octanol–water partition coefficient (Wildman–Crippen LogP) is -0.105. The highest BCUT2D eigenvalue weighted by atomic mass is 16.3. The summed E-state index contributed by atoms with van der Waals surface area (Å²) in [5, 5.41) is 21.6. The van der Waals surface area contributed by atoms with Gasteiger partial charge >= 0.3 is 0 Å². The second-order valence-corrected chi connectivity index (χ2v) is 6.20. The Morgan fingerprint density at radius 1 is 1.35 bits per heavy atom. The van der Waals surface area contributed by atoms with Gasteiger partial charge < -0.3 is 5.11 Å². The summed E-state index contributed by atoms with van der Waals surface area (Å²) in [7, 11) is 0. The Balaban J connectivity index is 1.56. The number of hydrogen-bond donors (Lipinski definition) is 1. The second kappa shape index (κ2) is 5.75. The van der Waals surface area contributed by atoms with Crippen LogP contribution < -0.4 is 0 Å². The Hall–Kier alpha value is -1.05. The fourth-order valence-electron chi connectivity index (χ4n) is 2.94. The lowest BCUT2D eigenvalue weighted by atomic mass is 10.1. The molecular weight excluding hydrogens is 256 g/mol. The highest BCUT2D eigenvalue weighted by Gasteiger charge is 2.30. The van der Waals surface area contributed by atoms with Gasteiger partial charge in [-0.05, 0) is 37.1 Å². The number of β-amino-alcohol motifs (C(OH)–C–C–N with tert-alkyl or cyclic N) is 1. The van der Waals surface area contributed by atoms with Gasteiger partial charge in [0.1, 0.15) is 0 Å². The average Bonchev–Trinajstić information content (AvgIpc) is 3.13. The van der Waals surface area contributed by atoms with Crippen molar-refractivity contribution in [1.82, 2.24) is 30.0 Å². The first-order valence-corrected chi connectivity index (χ1v) is 7.54. The minimum Gasteiger partial charge on any atom is -0.392 e. The van der Waals surface area contributed by atoms with Gasteiger partial charge in [0.2, 0.25) is 0 Å². The van der Waals surface area contributed by atoms with Crippen molar-refractivity contribution in [3.63, 3.8) is 0 Å². The number of hydrogen-bond acceptors (Lipinski definition) is 6. The summed E-state index contributed by atoms with van der Waals surface area (Å²) in [6.45, 7) is 8.67. The first-order valence-electron chi connectivity index (χ1n) is 7.54. The van der Waals surface area contributed by atoms with E-state index in [0.29, 0.717) is 12.1 Å². The fraction of sp³-hybridized carbons (Fsp3) is 0.923. The van der Waals surface area contributed by atoms with E-state index in [4.69, 9.17) is 0 Å². The lowest BCUT2D eigenvalue weighted by molar-refractivity contribution is 0.0408. The molecule has 1 aromatic rings. The van der Waals surface area contributed by atoms with Crippen LogP contribution in [0, 0.1) is 0 Å². The maximum absolute atomic E-state index is 9.51. The van der Waals surface area contributed by atoms with Crippen molar-refractivity contribution >= 4 is 0 Å². The monoisotopic (exact) mass is 280 g/mol. The highest BCUT2D eigenvalue weighted by molar-refractivity contribution is 4.92. The van der Waals surface area contributed by atoms with Gasteiger partial charge in [-0.3, -0.25) is 9.80 Å². The van der Waals surface area contributed by atoms with Gasteiger partial charge in [-0.25, -0.2) is 4.68 Å². The Morgan fingerprint density at radius 2 is 2.15 bits per heavy atom. The first-order chi connectivity index (χ1) is 9.63. The number of rotatable bonds is 5. The van der Waals surface area contributed by atoms with E-state index >= 15 is 0 Å². The third kappa shape index (κ3) is 3.16. The molecule has 1 aliphatic carbocycles. The van der Waals surface area contributed by atoms with Gasteiger partial charge in [0, 0.05) is 32.2 Å². The molecule has 2 atom stereocenters. The summed E-state index contributed by atoms with van der Waals surface area (Å²) < 4.78 is 1.99. The largest absolute Gasteiger partial charge is 0.392 e. The maximum Gasteiger partial charge on any atom is 0.165 e. The lowest BCUT2D eigenvalue weighted by Crippen LogP contribution is -2.53. The molecule has 112 valence electrons. The smallest absolute Gasteiger partial charge is 0.165 e. The molecule has 0 aromatic carbocycles. The van der Waals surface area contributed by atoms with Gasteiger partial charge in [0.15, 0.2) is 5.82 Å². The molecule has 2 aliphatic rings. The molecule has 0 bridgehead atoms. The van der Waals surface area contributed by atoms with Crippen LogP contribution in [0.15, 0.2) is 0 Å². The molecule has 2 fully saturated rings. The minimum absolute atomic E-state index is 0.258. The zero-order valence-corrected chi connectivity index (χ0v) is 12.3. The summed E-state index contributed by atoms with van der Waals surface area (Å²) in [6.07, 6.45) is 2.15. The van der Waals surface area contributed by atoms with E-state index < -0.39 is 0 Å². The Kier molecular flexibility index (Phi) is 4.00. The molecule has 2 heterocycles. The lowest BCUT2D eigenvalue weighted by Gasteiger charge is -2.40. The van der Waals surface area contributed by atoms with Crippen LogP contribution in [0.3, 0.4) is 0 Å². The molecule has 7 nitrogen and oxygen atoms in total. The number of nitrogens with zero attached hydrogens (tertiary/aromatic N) is 6. The van der Waals surface area contributed by atoms with Gasteiger partial charge in [0.05, 0.1) is 18.7 Å². The Labute approximate surface area is 119 Å². The molecule has 1 N–H and O–H groups in total. The van der Waals surface area contributed by atoms with Crippen molar-refractivity contribution in [2.45, 2.75) is 51.4 Å². The number of aliphatic hydroxyl groups is 1. The first kappa shape index (κ1) is 13.9. The molecule has 20 heavy (non-hydrogen) atoms. The van der Waals surface area contributed by atoms with Crippen LogP contribution in [-0.2, 0) is 6.54 Å². The van der Waals surface area contributed by atoms with Gasteiger partial charge in [-0.15, -0.1) is 5.10 Å². The fourth-order valence-corrected chi connectivity index (χ4v) is 2.94. The van der Waals surface area contributed by atoms with Crippen molar-refractivity contribution in [2.24, 2.45) is 0 Å². The van der Waals surface area contributed by atoms with Crippen molar-refractivity contribution in [3.05, 3.63) is 5.82 Å². The molecule has 1 saturated carbocycles. The van der Waals surface area contributed by atoms with Gasteiger partial charge in [0.25, 0.3) is 0 Å². The molecule has 0 amide bonds. The van der Waals surface area contributed by atoms with E-state index in [-0.39, 0.29) is 6.10 Å². The quantitative estimate of drug-likeness (QED) is 0.812. The zero-order valence-electron chi connectivity index (χ0n) is 12.3. The van der Waals surface area contributed by atoms with Crippen molar-refractivity contribution in [2.75, 3.05) is 26.2 Å². The number of aromatic nitrogens is 4. The predicted molar refractivity (Wildman–Crippen MR) is 74.1 cm³/mol. The number of tetrazole rings is 1. The normalized spacial score (nSPS) is 26.9. The van der Waals surface area contributed by atoms with Crippen LogP contribution in [0.25, 0.3) is 0 Å². The van der Waals surface area contributed by atoms with E-state index in [1.807, 2.05) is 11.6 Å². The SMILES string of the molecule is C[C@@H](O)CN1CCN(Cc2nnnn2C2CC2)C[C@@H]1C. The molecule has 3 rings (SSSR count). The molecule has 0 spiro atoms. The average molecular weight is 280 g/mol.